The zero-order chi connectivity index (χ0) is 27.1. The van der Waals surface area contributed by atoms with Crippen molar-refractivity contribution in [2.24, 2.45) is 7.05 Å². The summed E-state index contributed by atoms with van der Waals surface area (Å²) in [4.78, 5) is 47.7. The predicted molar refractivity (Wildman–Crippen MR) is 148 cm³/mol. The molecule has 0 saturated heterocycles. The number of carbonyl (C=O) groups excluding carboxylic acids is 2. The van der Waals surface area contributed by atoms with E-state index in [2.05, 4.69) is 4.98 Å². The van der Waals surface area contributed by atoms with Gasteiger partial charge in [-0.15, -0.1) is 0 Å². The maximum atomic E-state index is 13.8. The lowest BCUT2D eigenvalue weighted by molar-refractivity contribution is -0.122. The Morgan fingerprint density at radius 3 is 2.47 bits per heavy atom. The molecule has 1 aliphatic rings. The Morgan fingerprint density at radius 2 is 1.74 bits per heavy atom. The van der Waals surface area contributed by atoms with Gasteiger partial charge in [-0.25, -0.2) is 0 Å². The van der Waals surface area contributed by atoms with Gasteiger partial charge in [0.15, 0.2) is 0 Å². The van der Waals surface area contributed by atoms with Crippen LogP contribution >= 0.6 is 0 Å². The lowest BCUT2D eigenvalue weighted by atomic mass is 10.0. The normalized spacial score (nSPS) is 14.8. The first-order valence-electron chi connectivity index (χ1n) is 13.2. The number of ether oxygens (including phenoxy) is 1. The smallest absolute Gasteiger partial charge is 0.263 e. The Hall–Kier alpha value is -3.78. The second-order valence-electron chi connectivity index (χ2n) is 9.81. The van der Waals surface area contributed by atoms with Gasteiger partial charge in [0.1, 0.15) is 12.2 Å². The molecule has 8 heteroatoms. The molecule has 1 aliphatic heterocycles. The van der Waals surface area contributed by atoms with Gasteiger partial charge in [0.2, 0.25) is 0 Å². The molecular formula is C30H36N4O4. The van der Waals surface area contributed by atoms with E-state index >= 15 is 0 Å². The average molecular weight is 517 g/mol. The summed E-state index contributed by atoms with van der Waals surface area (Å²) in [7, 11) is 3.20. The van der Waals surface area contributed by atoms with Crippen LogP contribution in [0.25, 0.3) is 11.1 Å². The Morgan fingerprint density at radius 1 is 0.974 bits per heavy atom. The zero-order valence-corrected chi connectivity index (χ0v) is 22.5. The third-order valence-corrected chi connectivity index (χ3v) is 7.18. The van der Waals surface area contributed by atoms with Crippen LogP contribution in [0.2, 0.25) is 0 Å². The van der Waals surface area contributed by atoms with Crippen molar-refractivity contribution in [3.63, 3.8) is 0 Å². The summed E-state index contributed by atoms with van der Waals surface area (Å²) in [5.74, 6) is -0.416. The van der Waals surface area contributed by atoms with Crippen molar-refractivity contribution in [2.75, 3.05) is 31.7 Å². The molecule has 0 aliphatic carbocycles. The molecule has 1 aromatic carbocycles. The van der Waals surface area contributed by atoms with Crippen LogP contribution < -0.4 is 10.5 Å². The minimum absolute atomic E-state index is 0.0220. The van der Waals surface area contributed by atoms with Crippen LogP contribution in [0.5, 0.6) is 0 Å². The highest BCUT2D eigenvalue weighted by Gasteiger charge is 2.25. The minimum atomic E-state index is -0.303. The van der Waals surface area contributed by atoms with E-state index in [4.69, 9.17) is 4.74 Å². The van der Waals surface area contributed by atoms with Gasteiger partial charge in [-0.3, -0.25) is 19.4 Å². The van der Waals surface area contributed by atoms with E-state index in [9.17, 15) is 14.4 Å². The molecule has 0 atom stereocenters. The maximum Gasteiger partial charge on any atom is 0.263 e. The molecule has 4 rings (SSSR count). The van der Waals surface area contributed by atoms with Crippen molar-refractivity contribution in [3.05, 3.63) is 82.0 Å². The topological polar surface area (TPSA) is 84.7 Å². The van der Waals surface area contributed by atoms with Crippen LogP contribution in [0.1, 0.15) is 53.7 Å². The van der Waals surface area contributed by atoms with Gasteiger partial charge in [0.05, 0.1) is 0 Å². The molecule has 0 unspecified atom stereocenters. The van der Waals surface area contributed by atoms with Crippen molar-refractivity contribution in [2.45, 2.75) is 45.6 Å². The first-order valence-corrected chi connectivity index (χ1v) is 13.2. The quantitative estimate of drug-likeness (QED) is 0.515. The molecule has 0 radical (unpaired) electrons. The summed E-state index contributed by atoms with van der Waals surface area (Å²) >= 11 is 0. The summed E-state index contributed by atoms with van der Waals surface area (Å²) in [6.07, 6.45) is 8.25. The number of hydrogen-bond acceptors (Lipinski definition) is 5. The van der Waals surface area contributed by atoms with Gasteiger partial charge in [-0.1, -0.05) is 31.4 Å². The molecule has 0 saturated carbocycles. The van der Waals surface area contributed by atoms with E-state index in [0.29, 0.717) is 13.1 Å². The molecule has 3 heterocycles. The molecule has 200 valence electrons. The number of fused-ring (bicyclic) bond motifs is 1. The number of methoxy groups -OCH3 is 1. The molecule has 2 aromatic heterocycles. The standard InChI is InChI=1S/C30H36N4O4/c1-22-11-13-26(29(36)32(22)2)30(37)33-16-7-5-4-6-8-17-34(28(35)21-38-3)27-14-12-23(18-25(27)20-33)24-10-9-15-31-19-24/h9-15,18-19H,4-8,16-17,20-21H2,1-3H3. The van der Waals surface area contributed by atoms with Gasteiger partial charge >= 0.3 is 0 Å². The van der Waals surface area contributed by atoms with Crippen LogP contribution in [-0.2, 0) is 23.1 Å². The third-order valence-electron chi connectivity index (χ3n) is 7.18. The first-order chi connectivity index (χ1) is 18.4. The van der Waals surface area contributed by atoms with E-state index in [1.54, 1.807) is 41.4 Å². The van der Waals surface area contributed by atoms with Crippen LogP contribution in [0.4, 0.5) is 5.69 Å². The lowest BCUT2D eigenvalue weighted by Crippen LogP contribution is -2.39. The largest absolute Gasteiger partial charge is 0.375 e. The summed E-state index contributed by atoms with van der Waals surface area (Å²) in [5, 5.41) is 0. The number of anilines is 1. The number of pyridine rings is 2. The number of aryl methyl sites for hydroxylation is 1. The van der Waals surface area contributed by atoms with Crippen molar-refractivity contribution < 1.29 is 14.3 Å². The Labute approximate surface area is 223 Å². The monoisotopic (exact) mass is 516 g/mol. The average Bonchev–Trinajstić information content (AvgIpc) is 2.92. The fourth-order valence-electron chi connectivity index (χ4n) is 4.89. The first kappa shape index (κ1) is 27.3. The number of rotatable bonds is 4. The van der Waals surface area contributed by atoms with Gasteiger partial charge in [0, 0.05) is 57.6 Å². The number of hydrogen-bond donors (Lipinski definition) is 0. The van der Waals surface area contributed by atoms with E-state index in [1.165, 1.54) is 11.7 Å². The van der Waals surface area contributed by atoms with Crippen molar-refractivity contribution >= 4 is 17.5 Å². The molecule has 2 amide bonds. The van der Waals surface area contributed by atoms with Crippen molar-refractivity contribution in [3.8, 4) is 11.1 Å². The molecule has 38 heavy (non-hydrogen) atoms. The second-order valence-corrected chi connectivity index (χ2v) is 9.81. The third kappa shape index (κ3) is 6.19. The zero-order valence-electron chi connectivity index (χ0n) is 22.5. The molecule has 8 nitrogen and oxygen atoms in total. The minimum Gasteiger partial charge on any atom is -0.375 e. The molecule has 0 fully saturated rings. The number of carbonyl (C=O) groups is 2. The molecule has 0 bridgehead atoms. The van der Waals surface area contributed by atoms with Gasteiger partial charge in [0.25, 0.3) is 17.4 Å². The van der Waals surface area contributed by atoms with E-state index in [1.807, 2.05) is 37.3 Å². The number of aromatic nitrogens is 2. The van der Waals surface area contributed by atoms with Crippen LogP contribution in [0, 0.1) is 6.92 Å². The summed E-state index contributed by atoms with van der Waals surface area (Å²) < 4.78 is 6.69. The summed E-state index contributed by atoms with van der Waals surface area (Å²) in [6.45, 7) is 3.20. The molecule has 0 spiro atoms. The van der Waals surface area contributed by atoms with Crippen molar-refractivity contribution in [1.82, 2.24) is 14.5 Å². The number of amides is 2. The van der Waals surface area contributed by atoms with Gasteiger partial charge in [-0.2, -0.15) is 0 Å². The van der Waals surface area contributed by atoms with E-state index < -0.39 is 0 Å². The fraction of sp³-hybridized carbons (Fsp3) is 0.400. The lowest BCUT2D eigenvalue weighted by Gasteiger charge is -2.30. The highest BCUT2D eigenvalue weighted by Crippen LogP contribution is 2.30. The summed E-state index contributed by atoms with van der Waals surface area (Å²) in [5.41, 5.74) is 4.13. The number of nitrogens with zero attached hydrogens (tertiary/aromatic N) is 4. The van der Waals surface area contributed by atoms with Crippen LogP contribution in [0.15, 0.2) is 59.7 Å². The maximum absolute atomic E-state index is 13.8. The Bertz CT molecular complexity index is 1340. The highest BCUT2D eigenvalue weighted by molar-refractivity contribution is 5.96. The summed E-state index contributed by atoms with van der Waals surface area (Å²) in [6, 6.07) is 13.2. The predicted octanol–water partition coefficient (Wildman–Crippen LogP) is 4.34. The highest BCUT2D eigenvalue weighted by atomic mass is 16.5. The Balaban J connectivity index is 1.81. The van der Waals surface area contributed by atoms with E-state index in [-0.39, 0.29) is 36.1 Å². The van der Waals surface area contributed by atoms with Crippen molar-refractivity contribution in [1.29, 1.82) is 0 Å². The number of benzene rings is 1. The Kier molecular flexibility index (Phi) is 9.07. The fourth-order valence-corrected chi connectivity index (χ4v) is 4.89. The SMILES string of the molecule is COCC(=O)N1CCCCCCCN(C(=O)c2ccc(C)n(C)c2=O)Cc2cc(-c3cccnc3)ccc21. The van der Waals surface area contributed by atoms with Gasteiger partial charge < -0.3 is 19.1 Å². The van der Waals surface area contributed by atoms with E-state index in [0.717, 1.165) is 60.2 Å². The van der Waals surface area contributed by atoms with Crippen LogP contribution in [-0.4, -0.2) is 53.1 Å². The molecule has 3 aromatic rings. The molecular weight excluding hydrogens is 480 g/mol. The van der Waals surface area contributed by atoms with Crippen LogP contribution in [0.3, 0.4) is 0 Å². The second kappa shape index (κ2) is 12.6. The molecule has 0 N–H and O–H groups in total. The van der Waals surface area contributed by atoms with Gasteiger partial charge in [-0.05, 0) is 66.8 Å².